The van der Waals surface area contributed by atoms with Crippen molar-refractivity contribution in [2.24, 2.45) is 0 Å². The standard InChI is InChI=1S/C26H20ClN3O2S/c1-2-33(31,32)21-8-5-7-19(16-21)20-10-11-24(23(27)17-20)30-15-14-29-26(30)25-22-9-4-3-6-18(22)12-13-28-25/h3-17H,2H2,1H3. The molecule has 0 N–H and O–H groups in total. The number of nitrogens with zero attached hydrogens (tertiary/aromatic N) is 3. The second-order valence-corrected chi connectivity index (χ2v) is 10.3. The Kier molecular flexibility index (Phi) is 5.48. The van der Waals surface area contributed by atoms with E-state index in [4.69, 9.17) is 11.6 Å². The van der Waals surface area contributed by atoms with Gasteiger partial charge in [-0.2, -0.15) is 0 Å². The van der Waals surface area contributed by atoms with Gasteiger partial charge in [0.25, 0.3) is 0 Å². The van der Waals surface area contributed by atoms with Gasteiger partial charge in [-0.05, 0) is 46.8 Å². The molecule has 0 amide bonds. The van der Waals surface area contributed by atoms with E-state index in [1.54, 1.807) is 37.5 Å². The van der Waals surface area contributed by atoms with Gasteiger partial charge in [-0.1, -0.05) is 61.0 Å². The minimum atomic E-state index is -3.29. The molecule has 0 aliphatic rings. The SMILES string of the molecule is CCS(=O)(=O)c1cccc(-c2ccc(-n3ccnc3-c3nccc4ccccc34)c(Cl)c2)c1. The van der Waals surface area contributed by atoms with Crippen LogP contribution in [0.1, 0.15) is 6.92 Å². The lowest BCUT2D eigenvalue weighted by Gasteiger charge is -2.13. The summed E-state index contributed by atoms with van der Waals surface area (Å²) < 4.78 is 26.5. The van der Waals surface area contributed by atoms with Crippen molar-refractivity contribution < 1.29 is 8.42 Å². The predicted molar refractivity (Wildman–Crippen MR) is 132 cm³/mol. The highest BCUT2D eigenvalue weighted by atomic mass is 35.5. The average Bonchev–Trinajstić information content (AvgIpc) is 3.33. The molecule has 164 valence electrons. The van der Waals surface area contributed by atoms with Gasteiger partial charge < -0.3 is 0 Å². The number of sulfone groups is 1. The van der Waals surface area contributed by atoms with Crippen molar-refractivity contribution in [2.45, 2.75) is 11.8 Å². The minimum Gasteiger partial charge on any atom is -0.297 e. The van der Waals surface area contributed by atoms with Crippen LogP contribution in [0.4, 0.5) is 0 Å². The average molecular weight is 474 g/mol. The van der Waals surface area contributed by atoms with E-state index in [1.165, 1.54) is 0 Å². The molecule has 0 saturated heterocycles. The molecule has 0 aliphatic carbocycles. The molecule has 5 aromatic rings. The van der Waals surface area contributed by atoms with Crippen LogP contribution in [0.3, 0.4) is 0 Å². The van der Waals surface area contributed by atoms with Gasteiger partial charge in [0.15, 0.2) is 15.7 Å². The van der Waals surface area contributed by atoms with Crippen molar-refractivity contribution in [3.8, 4) is 28.3 Å². The van der Waals surface area contributed by atoms with Crippen molar-refractivity contribution in [1.82, 2.24) is 14.5 Å². The van der Waals surface area contributed by atoms with Gasteiger partial charge >= 0.3 is 0 Å². The number of pyridine rings is 1. The summed E-state index contributed by atoms with van der Waals surface area (Å²) in [5.41, 5.74) is 3.16. The Labute approximate surface area is 197 Å². The van der Waals surface area contributed by atoms with E-state index in [9.17, 15) is 8.42 Å². The summed E-state index contributed by atoms with van der Waals surface area (Å²) in [6.07, 6.45) is 5.36. The van der Waals surface area contributed by atoms with Crippen molar-refractivity contribution in [3.63, 3.8) is 0 Å². The Morgan fingerprint density at radius 1 is 0.879 bits per heavy atom. The van der Waals surface area contributed by atoms with Crippen LogP contribution in [-0.4, -0.2) is 28.7 Å². The highest BCUT2D eigenvalue weighted by Crippen LogP contribution is 2.33. The Hall–Kier alpha value is -3.48. The molecular formula is C26H20ClN3O2S. The monoisotopic (exact) mass is 473 g/mol. The van der Waals surface area contributed by atoms with E-state index in [0.29, 0.717) is 15.7 Å². The Morgan fingerprint density at radius 3 is 2.52 bits per heavy atom. The van der Waals surface area contributed by atoms with Crippen LogP contribution in [0.25, 0.3) is 39.1 Å². The lowest BCUT2D eigenvalue weighted by molar-refractivity contribution is 0.597. The summed E-state index contributed by atoms with van der Waals surface area (Å²) in [6, 6.07) is 22.6. The largest absolute Gasteiger partial charge is 0.297 e. The van der Waals surface area contributed by atoms with Crippen LogP contribution < -0.4 is 0 Å². The Bertz CT molecular complexity index is 1590. The third-order valence-electron chi connectivity index (χ3n) is 5.64. The molecule has 5 rings (SSSR count). The van der Waals surface area contributed by atoms with Gasteiger partial charge in [0.2, 0.25) is 0 Å². The summed E-state index contributed by atoms with van der Waals surface area (Å²) in [6.45, 7) is 1.64. The lowest BCUT2D eigenvalue weighted by Crippen LogP contribution is -2.03. The highest BCUT2D eigenvalue weighted by Gasteiger charge is 2.16. The number of imidazole rings is 1. The van der Waals surface area contributed by atoms with E-state index >= 15 is 0 Å². The molecule has 0 spiro atoms. The normalized spacial score (nSPS) is 11.7. The fourth-order valence-electron chi connectivity index (χ4n) is 3.89. The van der Waals surface area contributed by atoms with E-state index < -0.39 is 9.84 Å². The van der Waals surface area contributed by atoms with E-state index in [1.807, 2.05) is 65.4 Å². The van der Waals surface area contributed by atoms with Crippen LogP contribution in [0.2, 0.25) is 5.02 Å². The molecule has 0 fully saturated rings. The molecular weight excluding hydrogens is 454 g/mol. The summed E-state index contributed by atoms with van der Waals surface area (Å²) in [5, 5.41) is 2.62. The van der Waals surface area contributed by atoms with Crippen LogP contribution in [0.15, 0.2) is 96.3 Å². The van der Waals surface area contributed by atoms with Crippen molar-refractivity contribution in [3.05, 3.63) is 96.4 Å². The zero-order valence-corrected chi connectivity index (χ0v) is 19.4. The van der Waals surface area contributed by atoms with Gasteiger partial charge in [0, 0.05) is 24.0 Å². The van der Waals surface area contributed by atoms with Gasteiger partial charge in [-0.3, -0.25) is 9.55 Å². The molecule has 0 radical (unpaired) electrons. The summed E-state index contributed by atoms with van der Waals surface area (Å²) in [5.74, 6) is 0.749. The first-order chi connectivity index (χ1) is 16.0. The van der Waals surface area contributed by atoms with Gasteiger partial charge in [-0.25, -0.2) is 13.4 Å². The second-order valence-electron chi connectivity index (χ2n) is 7.60. The number of benzene rings is 3. The maximum Gasteiger partial charge on any atom is 0.178 e. The number of halogens is 1. The number of hydrogen-bond donors (Lipinski definition) is 0. The van der Waals surface area contributed by atoms with E-state index in [0.717, 1.165) is 33.3 Å². The Balaban J connectivity index is 1.58. The van der Waals surface area contributed by atoms with E-state index in [-0.39, 0.29) is 5.75 Å². The zero-order chi connectivity index (χ0) is 23.0. The fourth-order valence-corrected chi connectivity index (χ4v) is 5.09. The lowest BCUT2D eigenvalue weighted by atomic mass is 10.1. The van der Waals surface area contributed by atoms with Gasteiger partial charge in [0.1, 0.15) is 5.69 Å². The number of rotatable bonds is 5. The topological polar surface area (TPSA) is 64.8 Å². The Morgan fingerprint density at radius 2 is 1.70 bits per heavy atom. The molecule has 2 heterocycles. The quantitative estimate of drug-likeness (QED) is 0.305. The van der Waals surface area contributed by atoms with Gasteiger partial charge in [-0.15, -0.1) is 0 Å². The number of hydrogen-bond acceptors (Lipinski definition) is 4. The first kappa shape index (κ1) is 21.4. The zero-order valence-electron chi connectivity index (χ0n) is 17.8. The molecule has 33 heavy (non-hydrogen) atoms. The smallest absolute Gasteiger partial charge is 0.178 e. The molecule has 2 aromatic heterocycles. The van der Waals surface area contributed by atoms with Crippen molar-refractivity contribution in [2.75, 3.05) is 5.75 Å². The van der Waals surface area contributed by atoms with Crippen LogP contribution in [0, 0.1) is 0 Å². The molecule has 3 aromatic carbocycles. The summed E-state index contributed by atoms with van der Waals surface area (Å²) >= 11 is 6.72. The van der Waals surface area contributed by atoms with Crippen LogP contribution in [-0.2, 0) is 9.84 Å². The van der Waals surface area contributed by atoms with Crippen LogP contribution in [0.5, 0.6) is 0 Å². The number of aromatic nitrogens is 3. The molecule has 0 atom stereocenters. The third-order valence-corrected chi connectivity index (χ3v) is 7.67. The second kappa shape index (κ2) is 8.46. The summed E-state index contributed by atoms with van der Waals surface area (Å²) in [4.78, 5) is 9.45. The first-order valence-corrected chi connectivity index (χ1v) is 12.5. The molecule has 0 aliphatic heterocycles. The molecule has 0 bridgehead atoms. The fraction of sp³-hybridized carbons (Fsp3) is 0.0769. The molecule has 5 nitrogen and oxygen atoms in total. The highest BCUT2D eigenvalue weighted by molar-refractivity contribution is 7.91. The summed E-state index contributed by atoms with van der Waals surface area (Å²) in [7, 11) is -3.29. The predicted octanol–water partition coefficient (Wildman–Crippen LogP) is 6.20. The van der Waals surface area contributed by atoms with Crippen LogP contribution >= 0.6 is 11.6 Å². The third kappa shape index (κ3) is 3.92. The first-order valence-electron chi connectivity index (χ1n) is 10.5. The van der Waals surface area contributed by atoms with Crippen molar-refractivity contribution >= 4 is 32.2 Å². The molecule has 0 unspecified atom stereocenters. The van der Waals surface area contributed by atoms with Gasteiger partial charge in [0.05, 0.1) is 21.4 Å². The number of fused-ring (bicyclic) bond motifs is 1. The maximum atomic E-state index is 12.3. The van der Waals surface area contributed by atoms with E-state index in [2.05, 4.69) is 9.97 Å². The maximum absolute atomic E-state index is 12.3. The minimum absolute atomic E-state index is 0.0573. The molecule has 0 saturated carbocycles. The van der Waals surface area contributed by atoms with Crippen molar-refractivity contribution in [1.29, 1.82) is 0 Å². The molecule has 7 heteroatoms.